The predicted octanol–water partition coefficient (Wildman–Crippen LogP) is 1.06. The quantitative estimate of drug-likeness (QED) is 0.861. The number of ether oxygens (including phenoxy) is 1. The Morgan fingerprint density at radius 3 is 2.84 bits per heavy atom. The number of nitrogens with zero attached hydrogens (tertiary/aromatic N) is 2. The second-order valence-electron chi connectivity index (χ2n) is 6.35. The number of carboxylic acid groups (broad SMARTS) is 1. The molecule has 1 saturated heterocycles. The molecular weight excluding hydrogens is 324 g/mol. The monoisotopic (exact) mass is 346 g/mol. The summed E-state index contributed by atoms with van der Waals surface area (Å²) in [7, 11) is 0. The Bertz CT molecular complexity index is 675. The second kappa shape index (κ2) is 7.65. The number of anilines is 1. The highest BCUT2D eigenvalue weighted by molar-refractivity contribution is 5.97. The molecule has 25 heavy (non-hydrogen) atoms. The lowest BCUT2D eigenvalue weighted by molar-refractivity contribution is -0.147. The molecule has 2 heterocycles. The number of para-hydroxylation sites is 1. The summed E-state index contributed by atoms with van der Waals surface area (Å²) < 4.78 is 5.39. The van der Waals surface area contributed by atoms with Gasteiger partial charge in [0.1, 0.15) is 0 Å². The number of hydrogen-bond acceptors (Lipinski definition) is 4. The zero-order valence-electron chi connectivity index (χ0n) is 14.0. The molecule has 1 fully saturated rings. The van der Waals surface area contributed by atoms with Crippen molar-refractivity contribution >= 4 is 23.5 Å². The normalized spacial score (nSPS) is 20.3. The molecule has 1 aromatic rings. The zero-order chi connectivity index (χ0) is 17.8. The lowest BCUT2D eigenvalue weighted by Crippen LogP contribution is -2.47. The number of carbonyl (C=O) groups is 3. The molecule has 0 aromatic heterocycles. The molecule has 7 nitrogen and oxygen atoms in total. The van der Waals surface area contributed by atoms with E-state index in [1.54, 1.807) is 9.80 Å². The van der Waals surface area contributed by atoms with E-state index < -0.39 is 12.1 Å². The average molecular weight is 346 g/mol. The Kier molecular flexibility index (Phi) is 5.33. The Balaban J connectivity index is 1.59. The minimum Gasteiger partial charge on any atom is -0.481 e. The molecule has 0 bridgehead atoms. The molecule has 0 aliphatic carbocycles. The molecule has 3 rings (SSSR count). The van der Waals surface area contributed by atoms with Gasteiger partial charge in [0.15, 0.2) is 0 Å². The second-order valence-corrected chi connectivity index (χ2v) is 6.35. The largest absolute Gasteiger partial charge is 0.481 e. The fourth-order valence-electron chi connectivity index (χ4n) is 3.37. The number of carbonyl (C=O) groups excluding carboxylic acids is 2. The van der Waals surface area contributed by atoms with Gasteiger partial charge >= 0.3 is 5.97 Å². The standard InChI is InChI=1S/C18H22N2O5/c21-16(19-9-10-25-14(12-19)11-18(23)24)7-8-20-15-4-2-1-3-13(15)5-6-17(20)22/h1-4,14H,5-12H2,(H,23,24)/t14-/m1/s1. The van der Waals surface area contributed by atoms with E-state index in [0.29, 0.717) is 26.1 Å². The SMILES string of the molecule is O=C(O)C[C@@H]1CN(C(=O)CCN2C(=O)CCc3ccccc32)CCO1. The fraction of sp³-hybridized carbons (Fsp3) is 0.500. The summed E-state index contributed by atoms with van der Waals surface area (Å²) in [4.78, 5) is 38.8. The zero-order valence-corrected chi connectivity index (χ0v) is 14.0. The van der Waals surface area contributed by atoms with E-state index in [1.165, 1.54) is 0 Å². The number of rotatable bonds is 5. The Morgan fingerprint density at radius 1 is 1.24 bits per heavy atom. The van der Waals surface area contributed by atoms with E-state index in [0.717, 1.165) is 17.7 Å². The van der Waals surface area contributed by atoms with Gasteiger partial charge in [-0.15, -0.1) is 0 Å². The van der Waals surface area contributed by atoms with Crippen LogP contribution in [0.4, 0.5) is 5.69 Å². The molecule has 1 atom stereocenters. The maximum atomic E-state index is 12.5. The molecule has 2 aliphatic rings. The van der Waals surface area contributed by atoms with Crippen molar-refractivity contribution in [1.82, 2.24) is 4.90 Å². The van der Waals surface area contributed by atoms with Gasteiger partial charge < -0.3 is 19.6 Å². The summed E-state index contributed by atoms with van der Waals surface area (Å²) in [5.74, 6) is -0.971. The van der Waals surface area contributed by atoms with Crippen molar-refractivity contribution < 1.29 is 24.2 Å². The van der Waals surface area contributed by atoms with Crippen LogP contribution >= 0.6 is 0 Å². The maximum Gasteiger partial charge on any atom is 0.306 e. The van der Waals surface area contributed by atoms with Gasteiger partial charge in [-0.2, -0.15) is 0 Å². The van der Waals surface area contributed by atoms with Crippen molar-refractivity contribution in [3.05, 3.63) is 29.8 Å². The molecule has 0 radical (unpaired) electrons. The van der Waals surface area contributed by atoms with Gasteiger partial charge in [-0.1, -0.05) is 18.2 Å². The number of aryl methyl sites for hydroxylation is 1. The summed E-state index contributed by atoms with van der Waals surface area (Å²) >= 11 is 0. The number of aliphatic carboxylic acids is 1. The van der Waals surface area contributed by atoms with Gasteiger partial charge in [-0.3, -0.25) is 14.4 Å². The van der Waals surface area contributed by atoms with Crippen LogP contribution in [-0.4, -0.2) is 60.1 Å². The Hall–Kier alpha value is -2.41. The summed E-state index contributed by atoms with van der Waals surface area (Å²) in [5, 5.41) is 8.86. The number of hydrogen-bond donors (Lipinski definition) is 1. The number of morpholine rings is 1. The van der Waals surface area contributed by atoms with Crippen LogP contribution < -0.4 is 4.90 Å². The summed E-state index contributed by atoms with van der Waals surface area (Å²) in [6.07, 6.45) is 0.845. The highest BCUT2D eigenvalue weighted by atomic mass is 16.5. The number of fused-ring (bicyclic) bond motifs is 1. The first-order valence-electron chi connectivity index (χ1n) is 8.54. The van der Waals surface area contributed by atoms with Crippen LogP contribution in [0.5, 0.6) is 0 Å². The average Bonchev–Trinajstić information content (AvgIpc) is 2.60. The summed E-state index contributed by atoms with van der Waals surface area (Å²) in [6, 6.07) is 7.77. The minimum atomic E-state index is -0.935. The van der Waals surface area contributed by atoms with Crippen LogP contribution in [0.2, 0.25) is 0 Å². The van der Waals surface area contributed by atoms with Gasteiger partial charge in [0, 0.05) is 38.2 Å². The van der Waals surface area contributed by atoms with Crippen molar-refractivity contribution in [2.24, 2.45) is 0 Å². The van der Waals surface area contributed by atoms with Crippen molar-refractivity contribution in [2.45, 2.75) is 31.8 Å². The van der Waals surface area contributed by atoms with E-state index in [2.05, 4.69) is 0 Å². The van der Waals surface area contributed by atoms with E-state index in [9.17, 15) is 14.4 Å². The van der Waals surface area contributed by atoms with E-state index in [1.807, 2.05) is 24.3 Å². The lowest BCUT2D eigenvalue weighted by atomic mass is 10.0. The maximum absolute atomic E-state index is 12.5. The lowest BCUT2D eigenvalue weighted by Gasteiger charge is -2.34. The molecule has 1 aromatic carbocycles. The van der Waals surface area contributed by atoms with Gasteiger partial charge in [0.05, 0.1) is 19.1 Å². The molecule has 2 amide bonds. The molecule has 134 valence electrons. The molecule has 1 N–H and O–H groups in total. The third kappa shape index (κ3) is 4.17. The van der Waals surface area contributed by atoms with Crippen LogP contribution in [0.25, 0.3) is 0 Å². The van der Waals surface area contributed by atoms with Crippen LogP contribution in [0.1, 0.15) is 24.8 Å². The van der Waals surface area contributed by atoms with Crippen molar-refractivity contribution in [3.63, 3.8) is 0 Å². The number of carboxylic acids is 1. The van der Waals surface area contributed by atoms with Crippen LogP contribution in [0.3, 0.4) is 0 Å². The smallest absolute Gasteiger partial charge is 0.306 e. The van der Waals surface area contributed by atoms with Crippen molar-refractivity contribution in [3.8, 4) is 0 Å². The number of benzene rings is 1. The first-order chi connectivity index (χ1) is 12.0. The predicted molar refractivity (Wildman–Crippen MR) is 90.3 cm³/mol. The highest BCUT2D eigenvalue weighted by Crippen LogP contribution is 2.27. The highest BCUT2D eigenvalue weighted by Gasteiger charge is 2.28. The molecule has 2 aliphatic heterocycles. The van der Waals surface area contributed by atoms with Crippen LogP contribution in [0.15, 0.2) is 24.3 Å². The van der Waals surface area contributed by atoms with E-state index in [-0.39, 0.29) is 31.2 Å². The first-order valence-corrected chi connectivity index (χ1v) is 8.54. The molecule has 0 unspecified atom stereocenters. The summed E-state index contributed by atoms with van der Waals surface area (Å²) in [6.45, 7) is 1.43. The minimum absolute atomic E-state index is 0.0391. The van der Waals surface area contributed by atoms with Crippen molar-refractivity contribution in [2.75, 3.05) is 31.1 Å². The molecule has 0 spiro atoms. The molecule has 7 heteroatoms. The van der Waals surface area contributed by atoms with Gasteiger partial charge in [0.25, 0.3) is 0 Å². The van der Waals surface area contributed by atoms with E-state index >= 15 is 0 Å². The van der Waals surface area contributed by atoms with Gasteiger partial charge in [0.2, 0.25) is 11.8 Å². The topological polar surface area (TPSA) is 87.2 Å². The third-order valence-corrected chi connectivity index (χ3v) is 4.63. The Morgan fingerprint density at radius 2 is 2.04 bits per heavy atom. The van der Waals surface area contributed by atoms with Crippen molar-refractivity contribution in [1.29, 1.82) is 0 Å². The van der Waals surface area contributed by atoms with Crippen LogP contribution in [-0.2, 0) is 25.5 Å². The first kappa shape index (κ1) is 17.4. The van der Waals surface area contributed by atoms with E-state index in [4.69, 9.17) is 9.84 Å². The van der Waals surface area contributed by atoms with Crippen LogP contribution in [0, 0.1) is 0 Å². The molecule has 0 saturated carbocycles. The molecular formula is C18H22N2O5. The summed E-state index contributed by atoms with van der Waals surface area (Å²) in [5.41, 5.74) is 2.01. The fourth-order valence-corrected chi connectivity index (χ4v) is 3.37. The van der Waals surface area contributed by atoms with Gasteiger partial charge in [-0.25, -0.2) is 0 Å². The third-order valence-electron chi connectivity index (χ3n) is 4.63. The Labute approximate surface area is 146 Å². The van der Waals surface area contributed by atoms with Gasteiger partial charge in [-0.05, 0) is 18.1 Å². The number of amides is 2.